The fourth-order valence-electron chi connectivity index (χ4n) is 4.11. The van der Waals surface area contributed by atoms with Crippen LogP contribution in [0.4, 0.5) is 0 Å². The van der Waals surface area contributed by atoms with Crippen molar-refractivity contribution < 1.29 is 13.2 Å². The van der Waals surface area contributed by atoms with Crippen LogP contribution in [-0.2, 0) is 22.9 Å². The molecule has 11 heteroatoms. The second-order valence-electron chi connectivity index (χ2n) is 7.95. The molecule has 1 aromatic carbocycles. The lowest BCUT2D eigenvalue weighted by Gasteiger charge is -2.33. The van der Waals surface area contributed by atoms with Gasteiger partial charge in [-0.25, -0.2) is 13.4 Å². The largest absolute Gasteiger partial charge is 0.345 e. The molecule has 0 bridgehead atoms. The maximum atomic E-state index is 13.1. The number of carbonyl (C=O) groups excluding carboxylic acids is 1. The molecule has 2 aromatic heterocycles. The lowest BCUT2D eigenvalue weighted by Crippen LogP contribution is -2.50. The first-order valence-corrected chi connectivity index (χ1v) is 12.8. The molecule has 1 atom stereocenters. The van der Waals surface area contributed by atoms with E-state index in [0.717, 1.165) is 35.2 Å². The van der Waals surface area contributed by atoms with Crippen LogP contribution in [0.25, 0.3) is 10.9 Å². The molecule has 0 radical (unpaired) electrons. The van der Waals surface area contributed by atoms with E-state index < -0.39 is 10.0 Å². The quantitative estimate of drug-likeness (QED) is 0.598. The van der Waals surface area contributed by atoms with Crippen molar-refractivity contribution >= 4 is 49.8 Å². The van der Waals surface area contributed by atoms with Gasteiger partial charge in [-0.2, -0.15) is 4.31 Å². The highest BCUT2D eigenvalue weighted by atomic mass is 35.5. The van der Waals surface area contributed by atoms with Crippen molar-refractivity contribution in [2.24, 2.45) is 5.73 Å². The first kappa shape index (κ1) is 20.9. The maximum Gasteiger partial charge on any atom is 0.282 e. The van der Waals surface area contributed by atoms with Crippen molar-refractivity contribution in [1.82, 2.24) is 19.2 Å². The van der Waals surface area contributed by atoms with E-state index in [4.69, 9.17) is 17.3 Å². The van der Waals surface area contributed by atoms with Gasteiger partial charge in [0.25, 0.3) is 15.9 Å². The van der Waals surface area contributed by atoms with Crippen molar-refractivity contribution in [1.29, 1.82) is 0 Å². The third-order valence-corrected chi connectivity index (χ3v) is 9.03. The number of nitrogens with two attached hydrogens (primary N) is 1. The molecule has 1 fully saturated rings. The molecular formula is C20H22ClN5O3S2. The summed E-state index contributed by atoms with van der Waals surface area (Å²) >= 11 is 7.42. The summed E-state index contributed by atoms with van der Waals surface area (Å²) in [5.41, 5.74) is 7.72. The lowest BCUT2D eigenvalue weighted by molar-refractivity contribution is 0.0697. The highest BCUT2D eigenvalue weighted by Gasteiger charge is 2.33. The van der Waals surface area contributed by atoms with Crippen LogP contribution in [0.5, 0.6) is 0 Å². The SMILES string of the molecule is NC1CCc2nc(C(=O)N3CCN(S(=O)(=O)c4cc5cc(Cl)ccc5[nH]4)CC3)sc2C1. The minimum atomic E-state index is -3.69. The fourth-order valence-corrected chi connectivity index (χ4v) is 6.90. The summed E-state index contributed by atoms with van der Waals surface area (Å²) in [5.74, 6) is -0.134. The number of aromatic amines is 1. The number of aromatic nitrogens is 2. The molecule has 3 N–H and O–H groups in total. The number of piperazine rings is 1. The Morgan fingerprint density at radius 3 is 2.77 bits per heavy atom. The van der Waals surface area contributed by atoms with Crippen LogP contribution in [0.3, 0.4) is 0 Å². The number of thiazole rings is 1. The van der Waals surface area contributed by atoms with E-state index >= 15 is 0 Å². The summed E-state index contributed by atoms with van der Waals surface area (Å²) in [5, 5.41) is 1.90. The van der Waals surface area contributed by atoms with E-state index in [2.05, 4.69) is 9.97 Å². The molecular weight excluding hydrogens is 458 g/mol. The predicted molar refractivity (Wildman–Crippen MR) is 120 cm³/mol. The van der Waals surface area contributed by atoms with Crippen LogP contribution in [-0.4, -0.2) is 65.7 Å². The molecule has 164 valence electrons. The number of aryl methyl sites for hydroxylation is 1. The van der Waals surface area contributed by atoms with Crippen molar-refractivity contribution in [2.75, 3.05) is 26.2 Å². The number of nitrogens with zero attached hydrogens (tertiary/aromatic N) is 3. The number of fused-ring (bicyclic) bond motifs is 2. The highest BCUT2D eigenvalue weighted by molar-refractivity contribution is 7.89. The van der Waals surface area contributed by atoms with Gasteiger partial charge in [0.05, 0.1) is 5.69 Å². The number of hydrogen-bond donors (Lipinski definition) is 2. The van der Waals surface area contributed by atoms with Crippen molar-refractivity contribution in [2.45, 2.75) is 30.3 Å². The molecule has 1 amide bonds. The Morgan fingerprint density at radius 2 is 2.00 bits per heavy atom. The molecule has 1 saturated heterocycles. The average Bonchev–Trinajstić information content (AvgIpc) is 3.37. The summed E-state index contributed by atoms with van der Waals surface area (Å²) in [6, 6.07) is 6.92. The third-order valence-electron chi connectivity index (χ3n) is 5.86. The van der Waals surface area contributed by atoms with E-state index in [-0.39, 0.29) is 30.1 Å². The molecule has 0 saturated carbocycles. The summed E-state index contributed by atoms with van der Waals surface area (Å²) in [7, 11) is -3.69. The summed E-state index contributed by atoms with van der Waals surface area (Å²) in [4.78, 5) is 23.2. The van der Waals surface area contributed by atoms with Crippen LogP contribution >= 0.6 is 22.9 Å². The minimum Gasteiger partial charge on any atom is -0.345 e. The Kier molecular flexibility index (Phi) is 5.30. The molecule has 3 aromatic rings. The number of carbonyl (C=O) groups is 1. The van der Waals surface area contributed by atoms with Crippen molar-refractivity contribution in [3.8, 4) is 0 Å². The third kappa shape index (κ3) is 3.87. The summed E-state index contributed by atoms with van der Waals surface area (Å²) in [6.07, 6.45) is 2.46. The zero-order valence-corrected chi connectivity index (χ0v) is 19.1. The van der Waals surface area contributed by atoms with Gasteiger partial charge in [0, 0.05) is 53.0 Å². The second kappa shape index (κ2) is 7.86. The van der Waals surface area contributed by atoms with Crippen molar-refractivity contribution in [3.05, 3.63) is 44.9 Å². The average molecular weight is 480 g/mol. The van der Waals surface area contributed by atoms with Gasteiger partial charge in [0.2, 0.25) is 0 Å². The first-order valence-electron chi connectivity index (χ1n) is 10.1. The molecule has 3 heterocycles. The monoisotopic (exact) mass is 479 g/mol. The number of nitrogens with one attached hydrogen (secondary N) is 1. The number of H-pyrrole nitrogens is 1. The number of amides is 1. The molecule has 1 unspecified atom stereocenters. The zero-order valence-electron chi connectivity index (χ0n) is 16.7. The predicted octanol–water partition coefficient (Wildman–Crippen LogP) is 2.24. The second-order valence-corrected chi connectivity index (χ2v) is 11.4. The van der Waals surface area contributed by atoms with Gasteiger partial charge < -0.3 is 15.6 Å². The van der Waals surface area contributed by atoms with Crippen LogP contribution in [0, 0.1) is 0 Å². The lowest BCUT2D eigenvalue weighted by atomic mass is 9.99. The normalized spacial score (nSPS) is 20.2. The van der Waals surface area contributed by atoms with E-state index in [9.17, 15) is 13.2 Å². The summed E-state index contributed by atoms with van der Waals surface area (Å²) < 4.78 is 27.6. The van der Waals surface area contributed by atoms with Gasteiger partial charge in [-0.05, 0) is 43.5 Å². The van der Waals surface area contributed by atoms with Gasteiger partial charge in [-0.3, -0.25) is 4.79 Å². The molecule has 0 spiro atoms. The van der Waals surface area contributed by atoms with Gasteiger partial charge in [-0.15, -0.1) is 11.3 Å². The van der Waals surface area contributed by atoms with E-state index in [1.54, 1.807) is 29.2 Å². The standard InChI is InChI=1S/C20H22ClN5O3S2/c21-13-1-3-15-12(9-13)10-18(23-15)31(28,29)26-7-5-25(6-8-26)20(27)19-24-16-4-2-14(22)11-17(16)30-19/h1,3,9-10,14,23H,2,4-8,11,22H2. The molecule has 1 aliphatic carbocycles. The van der Waals surface area contributed by atoms with Crippen LogP contribution in [0.15, 0.2) is 29.3 Å². The topological polar surface area (TPSA) is 112 Å². The number of sulfonamides is 1. The van der Waals surface area contributed by atoms with Crippen LogP contribution in [0.1, 0.15) is 26.8 Å². The maximum absolute atomic E-state index is 13.1. The number of rotatable bonds is 3. The molecule has 8 nitrogen and oxygen atoms in total. The number of hydrogen-bond acceptors (Lipinski definition) is 6. The fraction of sp³-hybridized carbons (Fsp3) is 0.400. The Bertz CT molecular complexity index is 1260. The summed E-state index contributed by atoms with van der Waals surface area (Å²) in [6.45, 7) is 1.13. The zero-order chi connectivity index (χ0) is 21.8. The molecule has 1 aliphatic heterocycles. The van der Waals surface area contributed by atoms with Gasteiger partial charge in [0.1, 0.15) is 5.03 Å². The number of benzene rings is 1. The number of halogens is 1. The minimum absolute atomic E-state index is 0.130. The highest BCUT2D eigenvalue weighted by Crippen LogP contribution is 2.28. The van der Waals surface area contributed by atoms with Crippen LogP contribution in [0.2, 0.25) is 5.02 Å². The van der Waals surface area contributed by atoms with Gasteiger partial charge >= 0.3 is 0 Å². The Balaban J connectivity index is 1.28. The molecule has 5 rings (SSSR count). The van der Waals surface area contributed by atoms with Crippen molar-refractivity contribution in [3.63, 3.8) is 0 Å². The smallest absolute Gasteiger partial charge is 0.282 e. The van der Waals surface area contributed by atoms with E-state index in [1.165, 1.54) is 15.6 Å². The van der Waals surface area contributed by atoms with Crippen LogP contribution < -0.4 is 5.73 Å². The molecule has 31 heavy (non-hydrogen) atoms. The van der Waals surface area contributed by atoms with Gasteiger partial charge in [0.15, 0.2) is 5.01 Å². The Morgan fingerprint density at radius 1 is 1.23 bits per heavy atom. The van der Waals surface area contributed by atoms with E-state index in [0.29, 0.717) is 28.6 Å². The first-order chi connectivity index (χ1) is 14.8. The van der Waals surface area contributed by atoms with E-state index in [1.807, 2.05) is 0 Å². The molecule has 2 aliphatic rings. The van der Waals surface area contributed by atoms with Gasteiger partial charge in [-0.1, -0.05) is 11.6 Å². The Hall–Kier alpha value is -1.98. The Labute approximate surface area is 189 Å².